The fraction of sp³-hybridized carbons (Fsp3) is 0.118. The summed E-state index contributed by atoms with van der Waals surface area (Å²) in [5.74, 6) is -0.599. The second-order valence-corrected chi connectivity index (χ2v) is 5.48. The van der Waals surface area contributed by atoms with Crippen LogP contribution < -0.4 is 5.73 Å². The van der Waals surface area contributed by atoms with Crippen molar-refractivity contribution in [2.24, 2.45) is 5.73 Å². The van der Waals surface area contributed by atoms with Gasteiger partial charge in [0.05, 0.1) is 0 Å². The number of aryl methyl sites for hydroxylation is 1. The van der Waals surface area contributed by atoms with Crippen LogP contribution in [0.25, 0.3) is 28.2 Å². The van der Waals surface area contributed by atoms with Gasteiger partial charge in [-0.1, -0.05) is 0 Å². The number of pyridine rings is 2. The average Bonchev–Trinajstić information content (AvgIpc) is 2.93. The number of halogens is 3. The Morgan fingerprint density at radius 1 is 1.24 bits per heavy atom. The van der Waals surface area contributed by atoms with Crippen molar-refractivity contribution in [3.05, 3.63) is 53.6 Å². The van der Waals surface area contributed by atoms with E-state index in [4.69, 9.17) is 5.73 Å². The first kappa shape index (κ1) is 16.7. The zero-order valence-electron chi connectivity index (χ0n) is 13.1. The van der Waals surface area contributed by atoms with Crippen LogP contribution in [0.1, 0.15) is 17.0 Å². The Morgan fingerprint density at radius 2 is 2.00 bits per heavy atom. The minimum absolute atomic E-state index is 0.257. The number of rotatable bonds is 3. The van der Waals surface area contributed by atoms with Crippen LogP contribution in [0.2, 0.25) is 0 Å². The molecule has 0 radical (unpaired) electrons. The summed E-state index contributed by atoms with van der Waals surface area (Å²) in [4.78, 5) is 21.6. The van der Waals surface area contributed by atoms with Gasteiger partial charge in [0, 0.05) is 40.7 Å². The van der Waals surface area contributed by atoms with E-state index in [1.165, 1.54) is 25.3 Å². The number of H-pyrrole nitrogens is 1. The molecule has 128 valence electrons. The molecule has 0 aliphatic rings. The van der Waals surface area contributed by atoms with Crippen LogP contribution in [0.5, 0.6) is 0 Å². The predicted molar refractivity (Wildman–Crippen MR) is 87.3 cm³/mol. The summed E-state index contributed by atoms with van der Waals surface area (Å²) in [5, 5.41) is 0.665. The van der Waals surface area contributed by atoms with Gasteiger partial charge in [0.15, 0.2) is 0 Å². The molecular weight excluding hydrogens is 333 g/mol. The second kappa shape index (κ2) is 6.04. The summed E-state index contributed by atoms with van der Waals surface area (Å²) in [5.41, 5.74) is 6.47. The molecule has 3 N–H and O–H groups in total. The van der Waals surface area contributed by atoms with Crippen molar-refractivity contribution in [2.75, 3.05) is 0 Å². The van der Waals surface area contributed by atoms with E-state index >= 15 is 0 Å². The second-order valence-electron chi connectivity index (χ2n) is 5.48. The van der Waals surface area contributed by atoms with Gasteiger partial charge >= 0.3 is 6.18 Å². The van der Waals surface area contributed by atoms with Crippen molar-refractivity contribution >= 4 is 23.0 Å². The highest BCUT2D eigenvalue weighted by molar-refractivity contribution is 5.95. The van der Waals surface area contributed by atoms with Crippen molar-refractivity contribution in [3.8, 4) is 11.1 Å². The zero-order valence-corrected chi connectivity index (χ0v) is 13.1. The number of carbonyl (C=O) groups excluding carboxylic acids is 1. The Balaban J connectivity index is 2.12. The summed E-state index contributed by atoms with van der Waals surface area (Å²) < 4.78 is 38.9. The van der Waals surface area contributed by atoms with Crippen molar-refractivity contribution in [3.63, 3.8) is 0 Å². The topological polar surface area (TPSA) is 84.7 Å². The van der Waals surface area contributed by atoms with E-state index in [1.54, 1.807) is 18.3 Å². The van der Waals surface area contributed by atoms with Crippen LogP contribution in [-0.4, -0.2) is 20.9 Å². The Hall–Kier alpha value is -3.16. The molecule has 0 saturated carbocycles. The lowest BCUT2D eigenvalue weighted by Gasteiger charge is -2.10. The van der Waals surface area contributed by atoms with E-state index in [-0.39, 0.29) is 5.69 Å². The third-order valence-corrected chi connectivity index (χ3v) is 3.57. The molecule has 3 heterocycles. The van der Waals surface area contributed by atoms with E-state index in [1.807, 2.05) is 0 Å². The number of aromatic amines is 1. The smallest absolute Gasteiger partial charge is 0.366 e. The molecule has 5 nitrogen and oxygen atoms in total. The van der Waals surface area contributed by atoms with Gasteiger partial charge in [-0.05, 0) is 36.8 Å². The summed E-state index contributed by atoms with van der Waals surface area (Å²) >= 11 is 0. The summed E-state index contributed by atoms with van der Waals surface area (Å²) in [6.45, 7) is 1.50. The number of fused-ring (bicyclic) bond motifs is 1. The normalized spacial score (nSPS) is 12.2. The minimum atomic E-state index is -4.53. The molecule has 0 spiro atoms. The molecule has 1 amide bonds. The first-order chi connectivity index (χ1) is 11.7. The number of primary amides is 1. The van der Waals surface area contributed by atoms with Gasteiger partial charge in [0.1, 0.15) is 11.3 Å². The molecule has 3 aromatic rings. The first-order valence-corrected chi connectivity index (χ1v) is 7.25. The third kappa shape index (κ3) is 3.52. The van der Waals surface area contributed by atoms with Crippen molar-refractivity contribution in [1.82, 2.24) is 15.0 Å². The number of nitrogens with zero attached hydrogens (tertiary/aromatic N) is 2. The Bertz CT molecular complexity index is 989. The quantitative estimate of drug-likeness (QED) is 0.712. The van der Waals surface area contributed by atoms with Gasteiger partial charge in [0.2, 0.25) is 5.91 Å². The molecule has 8 heteroatoms. The fourth-order valence-electron chi connectivity index (χ4n) is 2.47. The van der Waals surface area contributed by atoms with Gasteiger partial charge in [-0.3, -0.25) is 4.79 Å². The summed E-state index contributed by atoms with van der Waals surface area (Å²) in [7, 11) is 0. The van der Waals surface area contributed by atoms with E-state index in [2.05, 4.69) is 15.0 Å². The molecule has 0 atom stereocenters. The molecule has 3 aromatic heterocycles. The standard InChI is InChI=1S/C17H13F3N4O/c1-9-4-11(6-14(24-9)17(18,19)20)12-5-13-10(2-3-15(21)25)7-22-16(13)23-8-12/h2-8H,1H3,(H2,21,25)(H,22,23)/b3-2+. The molecule has 0 saturated heterocycles. The van der Waals surface area contributed by atoms with Crippen molar-refractivity contribution in [2.45, 2.75) is 13.1 Å². The Labute approximate surface area is 140 Å². The fourth-order valence-corrected chi connectivity index (χ4v) is 2.47. The number of amides is 1. The molecule has 0 bridgehead atoms. The Morgan fingerprint density at radius 3 is 2.68 bits per heavy atom. The number of carbonyl (C=O) groups is 1. The number of nitrogens with one attached hydrogen (secondary N) is 1. The summed E-state index contributed by atoms with van der Waals surface area (Å²) in [6.07, 6.45) is 1.32. The van der Waals surface area contributed by atoms with Crippen LogP contribution in [0.15, 0.2) is 36.7 Å². The Kier molecular flexibility index (Phi) is 4.03. The van der Waals surface area contributed by atoms with Crippen LogP contribution in [0, 0.1) is 6.92 Å². The van der Waals surface area contributed by atoms with Gasteiger partial charge < -0.3 is 10.7 Å². The highest BCUT2D eigenvalue weighted by Crippen LogP contribution is 2.32. The maximum atomic E-state index is 13.0. The minimum Gasteiger partial charge on any atom is -0.366 e. The van der Waals surface area contributed by atoms with Crippen molar-refractivity contribution in [1.29, 1.82) is 0 Å². The number of hydrogen-bond acceptors (Lipinski definition) is 3. The van der Waals surface area contributed by atoms with Gasteiger partial charge in [0.25, 0.3) is 0 Å². The molecule has 0 unspecified atom stereocenters. The zero-order chi connectivity index (χ0) is 18.2. The first-order valence-electron chi connectivity index (χ1n) is 7.25. The number of hydrogen-bond donors (Lipinski definition) is 2. The highest BCUT2D eigenvalue weighted by Gasteiger charge is 2.33. The largest absolute Gasteiger partial charge is 0.433 e. The summed E-state index contributed by atoms with van der Waals surface area (Å²) in [6, 6.07) is 4.25. The van der Waals surface area contributed by atoms with Gasteiger partial charge in [-0.25, -0.2) is 9.97 Å². The van der Waals surface area contributed by atoms with Crippen LogP contribution >= 0.6 is 0 Å². The lowest BCUT2D eigenvalue weighted by molar-refractivity contribution is -0.141. The molecular formula is C17H13F3N4O. The molecule has 3 rings (SSSR count). The highest BCUT2D eigenvalue weighted by atomic mass is 19.4. The van der Waals surface area contributed by atoms with Crippen LogP contribution in [-0.2, 0) is 11.0 Å². The lowest BCUT2D eigenvalue weighted by atomic mass is 10.0. The lowest BCUT2D eigenvalue weighted by Crippen LogP contribution is -2.08. The monoisotopic (exact) mass is 346 g/mol. The van der Waals surface area contributed by atoms with E-state index in [0.717, 1.165) is 6.07 Å². The van der Waals surface area contributed by atoms with Gasteiger partial charge in [-0.2, -0.15) is 13.2 Å². The number of aromatic nitrogens is 3. The molecule has 0 aliphatic carbocycles. The number of nitrogens with two attached hydrogens (primary N) is 1. The maximum absolute atomic E-state index is 13.0. The predicted octanol–water partition coefficient (Wildman–Crippen LogP) is 3.45. The molecule has 0 fully saturated rings. The third-order valence-electron chi connectivity index (χ3n) is 3.57. The molecule has 0 aromatic carbocycles. The molecule has 25 heavy (non-hydrogen) atoms. The number of alkyl halides is 3. The van der Waals surface area contributed by atoms with Crippen LogP contribution in [0.4, 0.5) is 13.2 Å². The van der Waals surface area contributed by atoms with Gasteiger partial charge in [-0.15, -0.1) is 0 Å². The average molecular weight is 346 g/mol. The van der Waals surface area contributed by atoms with Crippen molar-refractivity contribution < 1.29 is 18.0 Å². The maximum Gasteiger partial charge on any atom is 0.433 e. The molecule has 0 aliphatic heterocycles. The van der Waals surface area contributed by atoms with E-state index in [0.29, 0.717) is 27.7 Å². The van der Waals surface area contributed by atoms with E-state index in [9.17, 15) is 18.0 Å². The van der Waals surface area contributed by atoms with E-state index < -0.39 is 17.8 Å². The SMILES string of the molecule is Cc1cc(-c2cnc3[nH]cc(/C=C/C(N)=O)c3c2)cc(C(F)(F)F)n1. The van der Waals surface area contributed by atoms with Crippen LogP contribution in [0.3, 0.4) is 0 Å².